The van der Waals surface area contributed by atoms with Crippen molar-refractivity contribution < 1.29 is 9.53 Å². The number of morpholine rings is 1. The molecule has 1 aromatic heterocycles. The lowest BCUT2D eigenvalue weighted by atomic mass is 10.3. The van der Waals surface area contributed by atoms with Gasteiger partial charge in [-0.3, -0.25) is 4.79 Å². The van der Waals surface area contributed by atoms with Crippen LogP contribution in [0.1, 0.15) is 10.4 Å². The zero-order valence-electron chi connectivity index (χ0n) is 9.76. The van der Waals surface area contributed by atoms with Crippen molar-refractivity contribution in [2.75, 3.05) is 38.8 Å². The van der Waals surface area contributed by atoms with Crippen molar-refractivity contribution >= 4 is 41.0 Å². The second-order valence-corrected chi connectivity index (χ2v) is 6.11. The molecule has 1 amide bonds. The summed E-state index contributed by atoms with van der Waals surface area (Å²) in [4.78, 5) is 14.3. The van der Waals surface area contributed by atoms with Gasteiger partial charge >= 0.3 is 0 Å². The maximum atomic E-state index is 12.4. The quantitative estimate of drug-likeness (QED) is 0.797. The monoisotopic (exact) mass is 290 g/mol. The van der Waals surface area contributed by atoms with E-state index >= 15 is 0 Å². The van der Waals surface area contributed by atoms with Gasteiger partial charge in [0.1, 0.15) is 5.03 Å². The summed E-state index contributed by atoms with van der Waals surface area (Å²) in [6, 6.07) is 0. The van der Waals surface area contributed by atoms with Crippen molar-refractivity contribution in [2.45, 2.75) is 9.24 Å². The number of amides is 1. The Balaban J connectivity index is 2.24. The van der Waals surface area contributed by atoms with Gasteiger partial charge in [-0.15, -0.1) is 23.5 Å². The van der Waals surface area contributed by atoms with Gasteiger partial charge in [-0.05, 0) is 24.0 Å². The number of carbonyl (C=O) groups is 1. The number of rotatable bonds is 3. The van der Waals surface area contributed by atoms with Crippen LogP contribution in [-0.4, -0.2) is 54.0 Å². The molecule has 94 valence electrons. The normalized spacial score (nSPS) is 16.2. The SMILES string of the molecule is CSc1nsc(SC)c1C(=O)N1CCOCC1. The van der Waals surface area contributed by atoms with Crippen LogP contribution in [-0.2, 0) is 4.74 Å². The zero-order chi connectivity index (χ0) is 12.3. The number of hydrogen-bond donors (Lipinski definition) is 0. The van der Waals surface area contributed by atoms with Crippen LogP contribution in [0.3, 0.4) is 0 Å². The smallest absolute Gasteiger partial charge is 0.258 e. The summed E-state index contributed by atoms with van der Waals surface area (Å²) in [7, 11) is 0. The molecule has 7 heteroatoms. The lowest BCUT2D eigenvalue weighted by Gasteiger charge is -2.26. The molecule has 0 N–H and O–H groups in total. The van der Waals surface area contributed by atoms with Gasteiger partial charge in [0, 0.05) is 13.1 Å². The van der Waals surface area contributed by atoms with Crippen LogP contribution >= 0.6 is 35.1 Å². The number of thioether (sulfide) groups is 2. The first-order valence-corrected chi connectivity index (χ1v) is 8.45. The van der Waals surface area contributed by atoms with Crippen LogP contribution in [0.5, 0.6) is 0 Å². The number of aromatic nitrogens is 1. The van der Waals surface area contributed by atoms with Gasteiger partial charge in [-0.2, -0.15) is 4.37 Å². The fourth-order valence-corrected chi connectivity index (χ4v) is 3.91. The van der Waals surface area contributed by atoms with E-state index in [2.05, 4.69) is 4.37 Å². The average molecular weight is 290 g/mol. The molecule has 0 aliphatic carbocycles. The minimum Gasteiger partial charge on any atom is -0.378 e. The van der Waals surface area contributed by atoms with Crippen molar-refractivity contribution in [3.63, 3.8) is 0 Å². The van der Waals surface area contributed by atoms with Crippen molar-refractivity contribution in [2.24, 2.45) is 0 Å². The zero-order valence-corrected chi connectivity index (χ0v) is 12.2. The maximum absolute atomic E-state index is 12.4. The molecule has 0 bridgehead atoms. The van der Waals surface area contributed by atoms with Gasteiger partial charge in [0.05, 0.1) is 23.0 Å². The molecule has 0 aromatic carbocycles. The van der Waals surface area contributed by atoms with E-state index in [0.29, 0.717) is 26.3 Å². The molecule has 1 aromatic rings. The van der Waals surface area contributed by atoms with Crippen LogP contribution in [0.15, 0.2) is 9.24 Å². The molecule has 0 radical (unpaired) electrons. The Labute approximate surface area is 113 Å². The lowest BCUT2D eigenvalue weighted by Crippen LogP contribution is -2.40. The predicted molar refractivity (Wildman–Crippen MR) is 72.4 cm³/mol. The average Bonchev–Trinajstić information content (AvgIpc) is 2.81. The summed E-state index contributed by atoms with van der Waals surface area (Å²) in [6.07, 6.45) is 3.93. The van der Waals surface area contributed by atoms with Gasteiger partial charge in [0.15, 0.2) is 0 Å². The van der Waals surface area contributed by atoms with Gasteiger partial charge in [0.2, 0.25) is 0 Å². The largest absolute Gasteiger partial charge is 0.378 e. The van der Waals surface area contributed by atoms with E-state index in [9.17, 15) is 4.79 Å². The number of carbonyl (C=O) groups excluding carboxylic acids is 1. The molecule has 1 fully saturated rings. The van der Waals surface area contributed by atoms with E-state index in [-0.39, 0.29) is 5.91 Å². The first-order valence-electron chi connectivity index (χ1n) is 5.22. The van der Waals surface area contributed by atoms with Crippen LogP contribution in [0.2, 0.25) is 0 Å². The Hall–Kier alpha value is -0.240. The van der Waals surface area contributed by atoms with Crippen LogP contribution in [0, 0.1) is 0 Å². The van der Waals surface area contributed by atoms with Gasteiger partial charge in [-0.1, -0.05) is 0 Å². The third kappa shape index (κ3) is 2.78. The molecule has 1 aliphatic heterocycles. The summed E-state index contributed by atoms with van der Waals surface area (Å²) in [5.41, 5.74) is 0.775. The highest BCUT2D eigenvalue weighted by atomic mass is 32.2. The Morgan fingerprint density at radius 3 is 2.65 bits per heavy atom. The number of nitrogens with zero attached hydrogens (tertiary/aromatic N) is 2. The van der Waals surface area contributed by atoms with Gasteiger partial charge in [0.25, 0.3) is 5.91 Å². The molecule has 0 unspecified atom stereocenters. The molecule has 0 saturated carbocycles. The fraction of sp³-hybridized carbons (Fsp3) is 0.600. The van der Waals surface area contributed by atoms with E-state index in [1.54, 1.807) is 11.8 Å². The molecule has 1 saturated heterocycles. The summed E-state index contributed by atoms with van der Waals surface area (Å²) >= 11 is 4.53. The fourth-order valence-electron chi connectivity index (χ4n) is 1.64. The van der Waals surface area contributed by atoms with Gasteiger partial charge < -0.3 is 9.64 Å². The van der Waals surface area contributed by atoms with Crippen molar-refractivity contribution in [3.8, 4) is 0 Å². The molecule has 4 nitrogen and oxygen atoms in total. The molecule has 0 atom stereocenters. The topological polar surface area (TPSA) is 42.4 Å². The number of hydrogen-bond acceptors (Lipinski definition) is 6. The summed E-state index contributed by atoms with van der Waals surface area (Å²) in [5, 5.41) is 0.843. The second kappa shape index (κ2) is 6.08. The molecular weight excluding hydrogens is 276 g/mol. The van der Waals surface area contributed by atoms with E-state index in [1.807, 2.05) is 17.4 Å². The van der Waals surface area contributed by atoms with Crippen molar-refractivity contribution in [1.82, 2.24) is 9.27 Å². The van der Waals surface area contributed by atoms with Crippen LogP contribution in [0.25, 0.3) is 0 Å². The summed E-state index contributed by atoms with van der Waals surface area (Å²) in [5.74, 6) is 0.0933. The standard InChI is InChI=1S/C10H14N2O2S3/c1-15-8-7(10(16-2)17-11-8)9(13)12-3-5-14-6-4-12/h3-6H2,1-2H3. The van der Waals surface area contributed by atoms with E-state index in [1.165, 1.54) is 23.3 Å². The molecule has 17 heavy (non-hydrogen) atoms. The van der Waals surface area contributed by atoms with Gasteiger partial charge in [-0.25, -0.2) is 0 Å². The Morgan fingerprint density at radius 1 is 1.35 bits per heavy atom. The third-order valence-corrected chi connectivity index (χ3v) is 5.26. The Kier molecular flexibility index (Phi) is 4.72. The molecule has 2 heterocycles. The van der Waals surface area contributed by atoms with E-state index < -0.39 is 0 Å². The third-order valence-electron chi connectivity index (χ3n) is 2.52. The van der Waals surface area contributed by atoms with Crippen molar-refractivity contribution in [1.29, 1.82) is 0 Å². The Morgan fingerprint density at radius 2 is 2.06 bits per heavy atom. The maximum Gasteiger partial charge on any atom is 0.258 e. The second-order valence-electron chi connectivity index (χ2n) is 3.46. The Bertz CT molecular complexity index is 381. The first-order chi connectivity index (χ1) is 8.27. The molecule has 0 spiro atoms. The minimum absolute atomic E-state index is 0.0933. The highest BCUT2D eigenvalue weighted by Gasteiger charge is 2.26. The van der Waals surface area contributed by atoms with Crippen LogP contribution in [0.4, 0.5) is 0 Å². The summed E-state index contributed by atoms with van der Waals surface area (Å²) in [6.45, 7) is 2.62. The van der Waals surface area contributed by atoms with Crippen molar-refractivity contribution in [3.05, 3.63) is 5.56 Å². The lowest BCUT2D eigenvalue weighted by molar-refractivity contribution is 0.0298. The molecular formula is C10H14N2O2S3. The number of ether oxygens (including phenoxy) is 1. The van der Waals surface area contributed by atoms with E-state index in [4.69, 9.17) is 4.74 Å². The first kappa shape index (κ1) is 13.2. The highest BCUT2D eigenvalue weighted by molar-refractivity contribution is 8.01. The minimum atomic E-state index is 0.0933. The highest BCUT2D eigenvalue weighted by Crippen LogP contribution is 2.33. The summed E-state index contributed by atoms with van der Waals surface area (Å²) < 4.78 is 10.6. The molecule has 2 rings (SSSR count). The van der Waals surface area contributed by atoms with E-state index in [0.717, 1.165) is 14.8 Å². The van der Waals surface area contributed by atoms with Crippen LogP contribution < -0.4 is 0 Å². The predicted octanol–water partition coefficient (Wildman–Crippen LogP) is 2.06. The molecule has 1 aliphatic rings.